The molecule has 3 nitrogen and oxygen atoms in total. The van der Waals surface area contributed by atoms with Gasteiger partial charge in [-0.25, -0.2) is 0 Å². The van der Waals surface area contributed by atoms with Crippen LogP contribution in [0, 0.1) is 0 Å². The van der Waals surface area contributed by atoms with Gasteiger partial charge in [0, 0.05) is 30.6 Å². The second-order valence-corrected chi connectivity index (χ2v) is 8.98. The lowest BCUT2D eigenvalue weighted by molar-refractivity contribution is 0.200. The van der Waals surface area contributed by atoms with E-state index in [2.05, 4.69) is 58.3 Å². The van der Waals surface area contributed by atoms with Gasteiger partial charge in [0.25, 0.3) is 0 Å². The van der Waals surface area contributed by atoms with E-state index in [0.717, 1.165) is 25.3 Å². The highest BCUT2D eigenvalue weighted by Gasteiger charge is 2.38. The minimum absolute atomic E-state index is 0.416. The number of fused-ring (bicyclic) bond motifs is 3. The van der Waals surface area contributed by atoms with Crippen LogP contribution in [0.1, 0.15) is 67.2 Å². The summed E-state index contributed by atoms with van der Waals surface area (Å²) in [6, 6.07) is 18.4. The first-order valence-corrected chi connectivity index (χ1v) is 11.7. The van der Waals surface area contributed by atoms with Crippen LogP contribution in [0.15, 0.2) is 48.5 Å². The van der Waals surface area contributed by atoms with Gasteiger partial charge in [-0.1, -0.05) is 48.9 Å². The van der Waals surface area contributed by atoms with E-state index in [1.165, 1.54) is 75.0 Å². The fraction of sp³-hybridized carbons (Fsp3) is 0.538. The number of rotatable bonds is 6. The van der Waals surface area contributed by atoms with E-state index in [1.54, 1.807) is 0 Å². The van der Waals surface area contributed by atoms with Gasteiger partial charge in [0.15, 0.2) is 0 Å². The average molecular weight is 391 g/mol. The molecule has 3 heteroatoms. The summed E-state index contributed by atoms with van der Waals surface area (Å²) in [4.78, 5) is 5.30. The van der Waals surface area contributed by atoms with Crippen molar-refractivity contribution in [3.05, 3.63) is 65.2 Å². The lowest BCUT2D eigenvalue weighted by atomic mass is 9.81. The predicted molar refractivity (Wildman–Crippen MR) is 119 cm³/mol. The van der Waals surface area contributed by atoms with Gasteiger partial charge in [-0.15, -0.1) is 0 Å². The largest absolute Gasteiger partial charge is 0.493 e. The molecule has 2 fully saturated rings. The van der Waals surface area contributed by atoms with Crippen LogP contribution >= 0.6 is 0 Å². The van der Waals surface area contributed by atoms with Gasteiger partial charge in [-0.3, -0.25) is 4.90 Å². The first-order chi connectivity index (χ1) is 14.4. The van der Waals surface area contributed by atoms with E-state index in [9.17, 15) is 0 Å². The zero-order valence-electron chi connectivity index (χ0n) is 17.6. The van der Waals surface area contributed by atoms with Gasteiger partial charge in [-0.05, 0) is 68.9 Å². The molecular weight excluding hydrogens is 356 g/mol. The van der Waals surface area contributed by atoms with Crippen LogP contribution in [-0.4, -0.2) is 49.1 Å². The van der Waals surface area contributed by atoms with Gasteiger partial charge in [0.2, 0.25) is 0 Å². The minimum atomic E-state index is 0.416. The molecular formula is C26H34N2O. The first kappa shape index (κ1) is 19.1. The Bertz CT molecular complexity index is 800. The Balaban J connectivity index is 1.35. The van der Waals surface area contributed by atoms with Crippen molar-refractivity contribution in [2.24, 2.45) is 0 Å². The number of ether oxygens (including phenoxy) is 1. The summed E-state index contributed by atoms with van der Waals surface area (Å²) in [6.45, 7) is 6.89. The molecule has 2 unspecified atom stereocenters. The van der Waals surface area contributed by atoms with Crippen LogP contribution in [0.25, 0.3) is 0 Å². The third-order valence-corrected chi connectivity index (χ3v) is 7.11. The molecule has 3 aliphatic heterocycles. The van der Waals surface area contributed by atoms with Crippen molar-refractivity contribution in [3.8, 4) is 5.75 Å². The molecule has 154 valence electrons. The summed E-state index contributed by atoms with van der Waals surface area (Å²) < 4.78 is 6.45. The molecule has 2 aromatic carbocycles. The Morgan fingerprint density at radius 3 is 2.59 bits per heavy atom. The van der Waals surface area contributed by atoms with Crippen LogP contribution in [0.4, 0.5) is 0 Å². The van der Waals surface area contributed by atoms with E-state index in [4.69, 9.17) is 4.74 Å². The normalized spacial score (nSPS) is 24.8. The maximum atomic E-state index is 6.45. The topological polar surface area (TPSA) is 15.7 Å². The quantitative estimate of drug-likeness (QED) is 0.629. The van der Waals surface area contributed by atoms with Gasteiger partial charge in [-0.2, -0.15) is 0 Å². The highest BCUT2D eigenvalue weighted by molar-refractivity contribution is 5.50. The maximum absolute atomic E-state index is 6.45. The van der Waals surface area contributed by atoms with Crippen molar-refractivity contribution in [1.29, 1.82) is 0 Å². The molecule has 0 spiro atoms. The molecule has 0 bridgehead atoms. The molecule has 0 saturated carbocycles. The lowest BCUT2D eigenvalue weighted by Crippen LogP contribution is -2.35. The molecule has 2 saturated heterocycles. The van der Waals surface area contributed by atoms with Crippen LogP contribution in [0.5, 0.6) is 5.75 Å². The highest BCUT2D eigenvalue weighted by atomic mass is 16.5. The average Bonchev–Trinajstić information content (AvgIpc) is 3.26. The summed E-state index contributed by atoms with van der Waals surface area (Å²) in [5.41, 5.74) is 4.39. The van der Waals surface area contributed by atoms with E-state index < -0.39 is 0 Å². The van der Waals surface area contributed by atoms with E-state index in [1.807, 2.05) is 0 Å². The van der Waals surface area contributed by atoms with E-state index in [0.29, 0.717) is 12.0 Å². The fourth-order valence-electron chi connectivity index (χ4n) is 5.68. The van der Waals surface area contributed by atoms with Crippen molar-refractivity contribution in [3.63, 3.8) is 0 Å². The maximum Gasteiger partial charge on any atom is 0.123 e. The Morgan fingerprint density at radius 2 is 1.72 bits per heavy atom. The van der Waals surface area contributed by atoms with Crippen molar-refractivity contribution >= 4 is 0 Å². The number of likely N-dealkylation sites (tertiary alicyclic amines) is 1. The number of hydrogen-bond donors (Lipinski definition) is 0. The zero-order valence-corrected chi connectivity index (χ0v) is 17.6. The predicted octanol–water partition coefficient (Wildman–Crippen LogP) is 5.22. The summed E-state index contributed by atoms with van der Waals surface area (Å²) in [6.07, 6.45) is 7.85. The third-order valence-electron chi connectivity index (χ3n) is 7.11. The lowest BCUT2D eigenvalue weighted by Gasteiger charge is -2.38. The van der Waals surface area contributed by atoms with E-state index in [-0.39, 0.29) is 0 Å². The van der Waals surface area contributed by atoms with Crippen LogP contribution < -0.4 is 4.74 Å². The summed E-state index contributed by atoms with van der Waals surface area (Å²) in [5.74, 6) is 1.54. The summed E-state index contributed by atoms with van der Waals surface area (Å²) in [7, 11) is 0. The van der Waals surface area contributed by atoms with Crippen molar-refractivity contribution in [2.75, 3.05) is 39.3 Å². The Labute approximate surface area is 175 Å². The van der Waals surface area contributed by atoms with Crippen molar-refractivity contribution < 1.29 is 4.74 Å². The number of nitrogens with zero attached hydrogens (tertiary/aromatic N) is 2. The SMILES string of the molecule is c1ccc(C2CN3CCCC3c3cccc(OCCCN4CCCCC4)c32)cc1. The van der Waals surface area contributed by atoms with Gasteiger partial charge >= 0.3 is 0 Å². The van der Waals surface area contributed by atoms with Gasteiger partial charge in [0.1, 0.15) is 5.75 Å². The molecule has 29 heavy (non-hydrogen) atoms. The molecule has 0 aromatic heterocycles. The molecule has 0 aliphatic carbocycles. The second kappa shape index (κ2) is 8.89. The van der Waals surface area contributed by atoms with Gasteiger partial charge < -0.3 is 9.64 Å². The molecule has 2 aromatic rings. The molecule has 2 atom stereocenters. The molecule has 5 rings (SSSR count). The minimum Gasteiger partial charge on any atom is -0.493 e. The van der Waals surface area contributed by atoms with Crippen LogP contribution in [0.2, 0.25) is 0 Å². The smallest absolute Gasteiger partial charge is 0.123 e. The second-order valence-electron chi connectivity index (χ2n) is 8.98. The van der Waals surface area contributed by atoms with Crippen molar-refractivity contribution in [2.45, 2.75) is 50.5 Å². The number of hydrogen-bond acceptors (Lipinski definition) is 3. The highest BCUT2D eigenvalue weighted by Crippen LogP contribution is 2.47. The number of benzene rings is 2. The monoisotopic (exact) mass is 390 g/mol. The summed E-state index contributed by atoms with van der Waals surface area (Å²) >= 11 is 0. The van der Waals surface area contributed by atoms with Gasteiger partial charge in [0.05, 0.1) is 6.61 Å². The van der Waals surface area contributed by atoms with E-state index >= 15 is 0 Å². The van der Waals surface area contributed by atoms with Crippen LogP contribution in [-0.2, 0) is 0 Å². The van der Waals surface area contributed by atoms with Crippen LogP contribution in [0.3, 0.4) is 0 Å². The number of piperidine rings is 1. The third kappa shape index (κ3) is 4.08. The van der Waals surface area contributed by atoms with Crippen molar-refractivity contribution in [1.82, 2.24) is 9.80 Å². The Morgan fingerprint density at radius 1 is 0.862 bits per heavy atom. The standard InChI is InChI=1S/C26H34N2O/c1-3-10-21(11-4-1)23-20-28-18-8-13-24(28)22-12-7-14-25(26(22)23)29-19-9-17-27-15-5-2-6-16-27/h1,3-4,7,10-12,14,23-24H,2,5-6,8-9,13,15-20H2. The molecule has 0 N–H and O–H groups in total. The molecule has 0 radical (unpaired) electrons. The summed E-state index contributed by atoms with van der Waals surface area (Å²) in [5, 5.41) is 0. The molecule has 0 amide bonds. The first-order valence-electron chi connectivity index (χ1n) is 11.7. The molecule has 3 aliphatic rings. The Hall–Kier alpha value is -1.84. The fourth-order valence-corrected chi connectivity index (χ4v) is 5.68. The molecule has 3 heterocycles. The zero-order chi connectivity index (χ0) is 19.5. The Kier molecular flexibility index (Phi) is 5.87.